The first-order chi connectivity index (χ1) is 13.6. The molecule has 2 aliphatic heterocycles. The lowest BCUT2D eigenvalue weighted by Crippen LogP contribution is -2.45. The fourth-order valence-corrected chi connectivity index (χ4v) is 3.96. The molecule has 2 atom stereocenters. The van der Waals surface area contributed by atoms with Gasteiger partial charge in [-0.25, -0.2) is 4.39 Å². The molecule has 1 fully saturated rings. The van der Waals surface area contributed by atoms with Crippen molar-refractivity contribution in [3.8, 4) is 17.2 Å². The number of primary amides is 1. The van der Waals surface area contributed by atoms with Crippen LogP contribution in [-0.4, -0.2) is 43.8 Å². The lowest BCUT2D eigenvalue weighted by molar-refractivity contribution is -0.119. The lowest BCUT2D eigenvalue weighted by atomic mass is 9.81. The first kappa shape index (κ1) is 18.6. The second-order valence-corrected chi connectivity index (χ2v) is 7.23. The zero-order chi connectivity index (χ0) is 19.5. The highest BCUT2D eigenvalue weighted by Crippen LogP contribution is 2.37. The first-order valence-corrected chi connectivity index (χ1v) is 9.37. The van der Waals surface area contributed by atoms with Crippen molar-refractivity contribution in [3.63, 3.8) is 0 Å². The van der Waals surface area contributed by atoms with E-state index < -0.39 is 0 Å². The minimum atomic E-state index is -0.337. The zero-order valence-corrected chi connectivity index (χ0v) is 15.5. The van der Waals surface area contributed by atoms with E-state index in [1.54, 1.807) is 0 Å². The normalized spacial score (nSPS) is 21.5. The van der Waals surface area contributed by atoms with E-state index in [4.69, 9.17) is 19.9 Å². The summed E-state index contributed by atoms with van der Waals surface area (Å²) in [6.07, 6.45) is 0.855. The van der Waals surface area contributed by atoms with Crippen LogP contribution in [0.4, 0.5) is 4.39 Å². The largest absolute Gasteiger partial charge is 0.493 e. The average molecular weight is 386 g/mol. The molecule has 1 amide bonds. The summed E-state index contributed by atoms with van der Waals surface area (Å²) in [6.45, 7) is 2.38. The van der Waals surface area contributed by atoms with Crippen molar-refractivity contribution in [2.45, 2.75) is 12.3 Å². The smallest absolute Gasteiger partial charge is 0.231 e. The predicted molar refractivity (Wildman–Crippen MR) is 101 cm³/mol. The van der Waals surface area contributed by atoms with Crippen molar-refractivity contribution in [1.82, 2.24) is 4.90 Å². The molecule has 2 aromatic carbocycles. The molecule has 0 aliphatic carbocycles. The van der Waals surface area contributed by atoms with Crippen LogP contribution in [0.25, 0.3) is 0 Å². The van der Waals surface area contributed by atoms with Crippen molar-refractivity contribution in [1.29, 1.82) is 0 Å². The SMILES string of the molecule is NC(=O)CN1CC[C@@H](c2ccc(F)cc2)[C@H](COc2ccc3c(c2)OCO3)C1. The predicted octanol–water partition coefficient (Wildman–Crippen LogP) is 2.52. The van der Waals surface area contributed by atoms with E-state index in [9.17, 15) is 9.18 Å². The van der Waals surface area contributed by atoms with Gasteiger partial charge in [-0.05, 0) is 48.7 Å². The molecule has 7 heteroatoms. The van der Waals surface area contributed by atoms with Gasteiger partial charge in [0.05, 0.1) is 13.2 Å². The summed E-state index contributed by atoms with van der Waals surface area (Å²) < 4.78 is 30.1. The van der Waals surface area contributed by atoms with Crippen molar-refractivity contribution in [3.05, 3.63) is 53.8 Å². The second kappa shape index (κ2) is 8.06. The van der Waals surface area contributed by atoms with Gasteiger partial charge >= 0.3 is 0 Å². The molecule has 148 valence electrons. The number of fused-ring (bicyclic) bond motifs is 1. The van der Waals surface area contributed by atoms with Crippen molar-refractivity contribution in [2.24, 2.45) is 11.7 Å². The van der Waals surface area contributed by atoms with Crippen molar-refractivity contribution in [2.75, 3.05) is 33.0 Å². The standard InChI is InChI=1S/C21H23FN2O4/c22-16-3-1-14(2-4-16)18-7-8-24(11-21(23)25)10-15(18)12-26-17-5-6-19-20(9-17)28-13-27-19/h1-6,9,15,18H,7-8,10-13H2,(H2,23,25)/t15-,18-/m0/s1. The molecule has 0 saturated carbocycles. The van der Waals surface area contributed by atoms with Crippen LogP contribution in [0.3, 0.4) is 0 Å². The second-order valence-electron chi connectivity index (χ2n) is 7.23. The molecular formula is C21H23FN2O4. The summed E-state index contributed by atoms with van der Waals surface area (Å²) in [5.41, 5.74) is 6.45. The van der Waals surface area contributed by atoms with Gasteiger partial charge < -0.3 is 19.9 Å². The van der Waals surface area contributed by atoms with Gasteiger partial charge in [-0.3, -0.25) is 9.69 Å². The van der Waals surface area contributed by atoms with Crippen LogP contribution in [0.15, 0.2) is 42.5 Å². The molecule has 6 nitrogen and oxygen atoms in total. The number of carbonyl (C=O) groups excluding carboxylic acids is 1. The highest BCUT2D eigenvalue weighted by molar-refractivity contribution is 5.75. The van der Waals surface area contributed by atoms with Crippen LogP contribution in [-0.2, 0) is 4.79 Å². The fourth-order valence-electron chi connectivity index (χ4n) is 3.96. The Morgan fingerprint density at radius 3 is 2.75 bits per heavy atom. The van der Waals surface area contributed by atoms with Crippen LogP contribution in [0, 0.1) is 11.7 Å². The summed E-state index contributed by atoms with van der Waals surface area (Å²) in [7, 11) is 0. The zero-order valence-electron chi connectivity index (χ0n) is 15.5. The van der Waals surface area contributed by atoms with Crippen LogP contribution in [0.5, 0.6) is 17.2 Å². The number of hydrogen-bond donors (Lipinski definition) is 1. The Bertz CT molecular complexity index is 843. The molecular weight excluding hydrogens is 363 g/mol. The maximum Gasteiger partial charge on any atom is 0.231 e. The van der Waals surface area contributed by atoms with Gasteiger partial charge in [0.15, 0.2) is 11.5 Å². The molecule has 1 saturated heterocycles. The minimum absolute atomic E-state index is 0.143. The van der Waals surface area contributed by atoms with Crippen LogP contribution in [0.1, 0.15) is 17.9 Å². The van der Waals surface area contributed by atoms with Gasteiger partial charge in [-0.2, -0.15) is 0 Å². The van der Waals surface area contributed by atoms with Gasteiger partial charge in [-0.1, -0.05) is 12.1 Å². The number of nitrogens with two attached hydrogens (primary N) is 1. The minimum Gasteiger partial charge on any atom is -0.493 e. The van der Waals surface area contributed by atoms with E-state index in [1.807, 2.05) is 30.3 Å². The Hall–Kier alpha value is -2.80. The summed E-state index contributed by atoms with van der Waals surface area (Å²) in [5, 5.41) is 0. The van der Waals surface area contributed by atoms with E-state index in [0.717, 1.165) is 18.5 Å². The van der Waals surface area contributed by atoms with Gasteiger partial charge in [-0.15, -0.1) is 0 Å². The topological polar surface area (TPSA) is 74.0 Å². The summed E-state index contributed by atoms with van der Waals surface area (Å²) in [5.74, 6) is 1.86. The number of ether oxygens (including phenoxy) is 3. The number of likely N-dealkylation sites (tertiary alicyclic amines) is 1. The molecule has 2 aromatic rings. The van der Waals surface area contributed by atoms with E-state index in [1.165, 1.54) is 12.1 Å². The van der Waals surface area contributed by atoms with E-state index in [0.29, 0.717) is 30.4 Å². The number of halogens is 1. The third-order valence-corrected chi connectivity index (χ3v) is 5.30. The van der Waals surface area contributed by atoms with Gasteiger partial charge in [0.2, 0.25) is 12.7 Å². The molecule has 2 heterocycles. The Balaban J connectivity index is 1.48. The Morgan fingerprint density at radius 2 is 1.96 bits per heavy atom. The number of benzene rings is 2. The molecule has 2 aliphatic rings. The fraction of sp³-hybridized carbons (Fsp3) is 0.381. The average Bonchev–Trinajstić information content (AvgIpc) is 3.15. The third kappa shape index (κ3) is 4.20. The van der Waals surface area contributed by atoms with Crippen molar-refractivity contribution >= 4 is 5.91 Å². The van der Waals surface area contributed by atoms with E-state index >= 15 is 0 Å². The van der Waals surface area contributed by atoms with E-state index in [-0.39, 0.29) is 36.9 Å². The summed E-state index contributed by atoms with van der Waals surface area (Å²) in [6, 6.07) is 12.1. The number of rotatable bonds is 6. The molecule has 0 spiro atoms. The highest BCUT2D eigenvalue weighted by Gasteiger charge is 2.31. The molecule has 0 radical (unpaired) electrons. The van der Waals surface area contributed by atoms with Gasteiger partial charge in [0, 0.05) is 18.5 Å². The molecule has 4 rings (SSSR count). The summed E-state index contributed by atoms with van der Waals surface area (Å²) >= 11 is 0. The lowest BCUT2D eigenvalue weighted by Gasteiger charge is -2.38. The Morgan fingerprint density at radius 1 is 1.18 bits per heavy atom. The quantitative estimate of drug-likeness (QED) is 0.826. The molecule has 0 bridgehead atoms. The highest BCUT2D eigenvalue weighted by atomic mass is 19.1. The van der Waals surface area contributed by atoms with Crippen LogP contribution in [0.2, 0.25) is 0 Å². The van der Waals surface area contributed by atoms with Crippen LogP contribution >= 0.6 is 0 Å². The number of carbonyl (C=O) groups is 1. The maximum absolute atomic E-state index is 13.3. The Labute approximate surface area is 163 Å². The number of hydrogen-bond acceptors (Lipinski definition) is 5. The third-order valence-electron chi connectivity index (χ3n) is 5.30. The van der Waals surface area contributed by atoms with Crippen LogP contribution < -0.4 is 19.9 Å². The molecule has 28 heavy (non-hydrogen) atoms. The van der Waals surface area contributed by atoms with E-state index in [2.05, 4.69) is 4.90 Å². The first-order valence-electron chi connectivity index (χ1n) is 9.37. The monoisotopic (exact) mass is 386 g/mol. The van der Waals surface area contributed by atoms with Gasteiger partial charge in [0.25, 0.3) is 0 Å². The molecule has 0 unspecified atom stereocenters. The van der Waals surface area contributed by atoms with Gasteiger partial charge in [0.1, 0.15) is 11.6 Å². The van der Waals surface area contributed by atoms with Crippen molar-refractivity contribution < 1.29 is 23.4 Å². The maximum atomic E-state index is 13.3. The molecule has 0 aromatic heterocycles. The summed E-state index contributed by atoms with van der Waals surface area (Å²) in [4.78, 5) is 13.4. The Kier molecular flexibility index (Phi) is 5.34. The number of piperidine rings is 1. The number of amides is 1. The molecule has 2 N–H and O–H groups in total. The number of nitrogens with zero attached hydrogens (tertiary/aromatic N) is 1.